The number of rotatable bonds is 7. The van der Waals surface area contributed by atoms with E-state index in [9.17, 15) is 0 Å². The maximum absolute atomic E-state index is 6.06. The standard InChI is InChI=1S/C14H18Cl2N4/c15-13-14(16)20(10-19-13)12-6-4-11(5-7-12)18-9-3-1-2-8-17/h4-7,10,18H,1-3,8-9,17H2. The van der Waals surface area contributed by atoms with E-state index in [1.807, 2.05) is 24.3 Å². The summed E-state index contributed by atoms with van der Waals surface area (Å²) in [5.74, 6) is 0. The van der Waals surface area contributed by atoms with Crippen molar-refractivity contribution in [3.8, 4) is 5.69 Å². The lowest BCUT2D eigenvalue weighted by molar-refractivity contribution is 0.707. The quantitative estimate of drug-likeness (QED) is 0.766. The number of nitrogens with one attached hydrogen (secondary N) is 1. The lowest BCUT2D eigenvalue weighted by Crippen LogP contribution is -2.04. The van der Waals surface area contributed by atoms with Crippen molar-refractivity contribution in [3.63, 3.8) is 0 Å². The molecule has 0 aliphatic rings. The number of aromatic nitrogens is 2. The van der Waals surface area contributed by atoms with Crippen LogP contribution in [-0.2, 0) is 0 Å². The molecule has 0 radical (unpaired) electrons. The number of benzene rings is 1. The average molecular weight is 313 g/mol. The van der Waals surface area contributed by atoms with E-state index in [1.165, 1.54) is 0 Å². The van der Waals surface area contributed by atoms with Crippen LogP contribution in [-0.4, -0.2) is 22.6 Å². The minimum absolute atomic E-state index is 0.314. The molecule has 0 atom stereocenters. The summed E-state index contributed by atoms with van der Waals surface area (Å²) in [6.45, 7) is 1.72. The van der Waals surface area contributed by atoms with Gasteiger partial charge in [0, 0.05) is 17.9 Å². The van der Waals surface area contributed by atoms with Gasteiger partial charge in [0.2, 0.25) is 0 Å². The van der Waals surface area contributed by atoms with Gasteiger partial charge in [0.1, 0.15) is 6.33 Å². The molecule has 0 spiro atoms. The molecule has 1 aromatic heterocycles. The summed E-state index contributed by atoms with van der Waals surface area (Å²) < 4.78 is 1.74. The van der Waals surface area contributed by atoms with Crippen LogP contribution in [0.4, 0.5) is 5.69 Å². The van der Waals surface area contributed by atoms with Crippen molar-refractivity contribution in [2.45, 2.75) is 19.3 Å². The topological polar surface area (TPSA) is 55.9 Å². The van der Waals surface area contributed by atoms with Gasteiger partial charge >= 0.3 is 0 Å². The van der Waals surface area contributed by atoms with Crippen LogP contribution in [0.3, 0.4) is 0 Å². The molecule has 0 fully saturated rings. The molecule has 0 unspecified atom stereocenters. The van der Waals surface area contributed by atoms with Crippen molar-refractivity contribution in [2.75, 3.05) is 18.4 Å². The minimum atomic E-state index is 0.314. The van der Waals surface area contributed by atoms with Crippen molar-refractivity contribution >= 4 is 28.9 Å². The summed E-state index contributed by atoms with van der Waals surface area (Å²) in [6.07, 6.45) is 4.98. The molecular formula is C14H18Cl2N4. The van der Waals surface area contributed by atoms with Crippen molar-refractivity contribution in [3.05, 3.63) is 40.9 Å². The van der Waals surface area contributed by atoms with E-state index in [2.05, 4.69) is 10.3 Å². The molecule has 0 saturated carbocycles. The van der Waals surface area contributed by atoms with Crippen molar-refractivity contribution in [2.24, 2.45) is 5.73 Å². The van der Waals surface area contributed by atoms with Crippen LogP contribution in [0.5, 0.6) is 0 Å². The van der Waals surface area contributed by atoms with E-state index in [4.69, 9.17) is 28.9 Å². The number of hydrogen-bond acceptors (Lipinski definition) is 3. The fourth-order valence-electron chi connectivity index (χ4n) is 1.91. The number of imidazole rings is 1. The number of halogens is 2. The fourth-order valence-corrected chi connectivity index (χ4v) is 2.24. The Kier molecular flexibility index (Phi) is 5.71. The van der Waals surface area contributed by atoms with Gasteiger partial charge < -0.3 is 11.1 Å². The highest BCUT2D eigenvalue weighted by atomic mass is 35.5. The van der Waals surface area contributed by atoms with Crippen molar-refractivity contribution < 1.29 is 0 Å². The Labute approximate surface area is 128 Å². The summed E-state index contributed by atoms with van der Waals surface area (Å²) in [4.78, 5) is 3.96. The van der Waals surface area contributed by atoms with Gasteiger partial charge in [0.25, 0.3) is 0 Å². The Hall–Kier alpha value is -1.23. The van der Waals surface area contributed by atoms with Gasteiger partial charge in [-0.25, -0.2) is 4.98 Å². The van der Waals surface area contributed by atoms with Gasteiger partial charge in [-0.3, -0.25) is 4.57 Å². The molecule has 0 amide bonds. The van der Waals surface area contributed by atoms with Crippen molar-refractivity contribution in [1.82, 2.24) is 9.55 Å². The van der Waals surface area contributed by atoms with E-state index >= 15 is 0 Å². The van der Waals surface area contributed by atoms with Crippen molar-refractivity contribution in [1.29, 1.82) is 0 Å². The molecule has 1 heterocycles. The van der Waals surface area contributed by atoms with Crippen LogP contribution in [0.25, 0.3) is 5.69 Å². The highest BCUT2D eigenvalue weighted by Gasteiger charge is 2.07. The average Bonchev–Trinajstić information content (AvgIpc) is 2.80. The number of hydrogen-bond donors (Lipinski definition) is 2. The molecule has 0 aliphatic carbocycles. The number of nitrogens with two attached hydrogens (primary N) is 1. The zero-order valence-corrected chi connectivity index (χ0v) is 12.7. The molecule has 2 aromatic rings. The summed E-state index contributed by atoms with van der Waals surface area (Å²) in [6, 6.07) is 7.99. The Bertz CT molecular complexity index is 537. The van der Waals surface area contributed by atoms with E-state index in [1.54, 1.807) is 10.9 Å². The molecule has 108 valence electrons. The third-order valence-electron chi connectivity index (χ3n) is 3.02. The number of anilines is 1. The van der Waals surface area contributed by atoms with Gasteiger partial charge in [-0.15, -0.1) is 0 Å². The second-order valence-corrected chi connectivity index (χ2v) is 5.24. The Morgan fingerprint density at radius 1 is 1.10 bits per heavy atom. The molecule has 4 nitrogen and oxygen atoms in total. The normalized spacial score (nSPS) is 10.8. The minimum Gasteiger partial charge on any atom is -0.385 e. The second kappa shape index (κ2) is 7.53. The Morgan fingerprint density at radius 2 is 1.85 bits per heavy atom. The van der Waals surface area contributed by atoms with Gasteiger partial charge in [-0.1, -0.05) is 29.6 Å². The van der Waals surface area contributed by atoms with Gasteiger partial charge in [0.15, 0.2) is 10.3 Å². The zero-order chi connectivity index (χ0) is 14.4. The van der Waals surface area contributed by atoms with E-state index in [0.717, 1.165) is 43.7 Å². The molecule has 0 aliphatic heterocycles. The predicted octanol–water partition coefficient (Wildman–Crippen LogP) is 3.72. The number of nitrogens with zero attached hydrogens (tertiary/aromatic N) is 2. The monoisotopic (exact) mass is 312 g/mol. The lowest BCUT2D eigenvalue weighted by Gasteiger charge is -2.08. The highest BCUT2D eigenvalue weighted by molar-refractivity contribution is 6.40. The Balaban J connectivity index is 1.91. The van der Waals surface area contributed by atoms with Crippen LogP contribution in [0.15, 0.2) is 30.6 Å². The predicted molar refractivity (Wildman–Crippen MR) is 85.0 cm³/mol. The second-order valence-electron chi connectivity index (χ2n) is 4.52. The summed E-state index contributed by atoms with van der Waals surface area (Å²) in [5, 5.41) is 4.12. The first-order chi connectivity index (χ1) is 9.72. The maximum Gasteiger partial charge on any atom is 0.166 e. The first-order valence-corrected chi connectivity index (χ1v) is 7.40. The van der Waals surface area contributed by atoms with E-state index in [-0.39, 0.29) is 0 Å². The van der Waals surface area contributed by atoms with Crippen LogP contribution < -0.4 is 11.1 Å². The SMILES string of the molecule is NCCCCCNc1ccc(-n2cnc(Cl)c2Cl)cc1. The van der Waals surface area contributed by atoms with Gasteiger partial charge in [-0.05, 0) is 43.7 Å². The molecule has 6 heteroatoms. The molecule has 3 N–H and O–H groups in total. The largest absolute Gasteiger partial charge is 0.385 e. The van der Waals surface area contributed by atoms with Crippen LogP contribution in [0.1, 0.15) is 19.3 Å². The molecule has 0 bridgehead atoms. The zero-order valence-electron chi connectivity index (χ0n) is 11.1. The molecular weight excluding hydrogens is 295 g/mol. The first-order valence-electron chi connectivity index (χ1n) is 6.65. The summed E-state index contributed by atoms with van der Waals surface area (Å²) in [5.41, 5.74) is 7.48. The highest BCUT2D eigenvalue weighted by Crippen LogP contribution is 2.24. The first kappa shape index (κ1) is 15.2. The third kappa shape index (κ3) is 3.88. The molecule has 2 rings (SSSR count). The molecule has 20 heavy (non-hydrogen) atoms. The van der Waals surface area contributed by atoms with Crippen LogP contribution in [0, 0.1) is 0 Å². The van der Waals surface area contributed by atoms with Gasteiger partial charge in [-0.2, -0.15) is 0 Å². The van der Waals surface area contributed by atoms with Gasteiger partial charge in [0.05, 0.1) is 0 Å². The van der Waals surface area contributed by atoms with E-state index < -0.39 is 0 Å². The summed E-state index contributed by atoms with van der Waals surface area (Å²) >= 11 is 11.9. The van der Waals surface area contributed by atoms with Crippen LogP contribution >= 0.6 is 23.2 Å². The molecule has 1 aromatic carbocycles. The smallest absolute Gasteiger partial charge is 0.166 e. The van der Waals surface area contributed by atoms with E-state index in [0.29, 0.717) is 10.3 Å². The Morgan fingerprint density at radius 3 is 2.45 bits per heavy atom. The summed E-state index contributed by atoms with van der Waals surface area (Å²) in [7, 11) is 0. The molecule has 0 saturated heterocycles. The lowest BCUT2D eigenvalue weighted by atomic mass is 10.2. The fraction of sp³-hybridized carbons (Fsp3) is 0.357. The van der Waals surface area contributed by atoms with Crippen LogP contribution in [0.2, 0.25) is 10.3 Å². The third-order valence-corrected chi connectivity index (χ3v) is 3.76. The number of unbranched alkanes of at least 4 members (excludes halogenated alkanes) is 2. The maximum atomic E-state index is 6.06.